The second-order valence-electron chi connectivity index (χ2n) is 8.62. The Morgan fingerprint density at radius 1 is 0.972 bits per heavy atom. The Morgan fingerprint density at radius 3 is 2.44 bits per heavy atom. The van der Waals surface area contributed by atoms with Crippen molar-refractivity contribution in [2.24, 2.45) is 0 Å². The first-order valence-electron chi connectivity index (χ1n) is 12.1. The largest absolute Gasteiger partial charge is 0.330 e. The van der Waals surface area contributed by atoms with Crippen molar-refractivity contribution in [3.8, 4) is 0 Å². The number of hydrogen-bond donors (Lipinski definition) is 1. The lowest BCUT2D eigenvalue weighted by Gasteiger charge is -2.07. The Kier molecular flexibility index (Phi) is 6.48. The minimum atomic E-state index is -0.472. The second-order valence-corrected chi connectivity index (χ2v) is 9.56. The van der Waals surface area contributed by atoms with Crippen molar-refractivity contribution >= 4 is 28.7 Å². The maximum absolute atomic E-state index is 12.8. The number of nitrogens with one attached hydrogen (secondary N) is 1. The zero-order valence-electron chi connectivity index (χ0n) is 20.8. The fourth-order valence-electron chi connectivity index (χ4n) is 4.28. The Bertz CT molecular complexity index is 1680. The van der Waals surface area contributed by atoms with Crippen molar-refractivity contribution in [3.05, 3.63) is 79.5 Å². The predicted octanol–water partition coefficient (Wildman–Crippen LogP) is 3.12. The molecule has 0 atom stereocenters. The molecule has 10 nitrogen and oxygen atoms in total. The van der Waals surface area contributed by atoms with Crippen LogP contribution in [0.2, 0.25) is 0 Å². The summed E-state index contributed by atoms with van der Waals surface area (Å²) in [7, 11) is 0. The molecule has 5 aromatic rings. The molecule has 1 N–H and O–H groups in total. The van der Waals surface area contributed by atoms with Crippen LogP contribution in [0.4, 0.5) is 0 Å². The minimum absolute atomic E-state index is 0.318. The quantitative estimate of drug-likeness (QED) is 0.323. The van der Waals surface area contributed by atoms with Crippen LogP contribution in [-0.4, -0.2) is 38.7 Å². The molecule has 0 saturated heterocycles. The standard InChI is InChI=1S/C25H28N8O2S/c1-5-17-12-18(6-2)33-23(26-17)29-24(30-33)36-14-19-27-21-20(31(19)7-3)22(34)28-25(35)32(21)13-16-10-8-15(4)9-11-16/h8-12H,5-7,13-14H2,1-4H3,(H,28,34,35). The van der Waals surface area contributed by atoms with Gasteiger partial charge in [0.2, 0.25) is 5.16 Å². The molecule has 0 fully saturated rings. The lowest BCUT2D eigenvalue weighted by atomic mass is 10.1. The second kappa shape index (κ2) is 9.73. The van der Waals surface area contributed by atoms with Gasteiger partial charge in [-0.2, -0.15) is 4.98 Å². The summed E-state index contributed by atoms with van der Waals surface area (Å²) in [6.07, 6.45) is 1.66. The number of thioether (sulfide) groups is 1. The van der Waals surface area contributed by atoms with Gasteiger partial charge in [0.15, 0.2) is 11.2 Å². The highest BCUT2D eigenvalue weighted by atomic mass is 32.2. The number of nitrogens with zero attached hydrogens (tertiary/aromatic N) is 7. The number of aryl methyl sites for hydroxylation is 4. The van der Waals surface area contributed by atoms with Crippen LogP contribution < -0.4 is 11.2 Å². The lowest BCUT2D eigenvalue weighted by molar-refractivity contribution is 0.736. The summed E-state index contributed by atoms with van der Waals surface area (Å²) in [6, 6.07) is 10.0. The number of hydrogen-bond acceptors (Lipinski definition) is 7. The monoisotopic (exact) mass is 504 g/mol. The van der Waals surface area contributed by atoms with Gasteiger partial charge in [0, 0.05) is 17.9 Å². The van der Waals surface area contributed by atoms with Gasteiger partial charge in [0.1, 0.15) is 5.82 Å². The SMILES string of the molecule is CCc1cc(CC)n2nc(SCc3nc4c(c(=O)[nH]c(=O)n4Cc4ccc(C)cc4)n3CC)nc2n1. The summed E-state index contributed by atoms with van der Waals surface area (Å²) in [5.74, 6) is 1.71. The normalized spacial score (nSPS) is 11.7. The third kappa shape index (κ3) is 4.34. The third-order valence-electron chi connectivity index (χ3n) is 6.22. The van der Waals surface area contributed by atoms with E-state index in [1.165, 1.54) is 16.3 Å². The molecule has 5 rings (SSSR count). The molecule has 1 aromatic carbocycles. The maximum Gasteiger partial charge on any atom is 0.330 e. The summed E-state index contributed by atoms with van der Waals surface area (Å²) < 4.78 is 5.16. The molecular formula is C25H28N8O2S. The average molecular weight is 505 g/mol. The Hall–Kier alpha value is -3.73. The molecule has 4 heterocycles. The van der Waals surface area contributed by atoms with E-state index in [0.29, 0.717) is 46.8 Å². The van der Waals surface area contributed by atoms with Gasteiger partial charge in [-0.15, -0.1) is 5.10 Å². The molecule has 0 unspecified atom stereocenters. The number of imidazole rings is 1. The maximum atomic E-state index is 12.8. The first kappa shape index (κ1) is 24.0. The molecule has 0 radical (unpaired) electrons. The molecule has 186 valence electrons. The summed E-state index contributed by atoms with van der Waals surface area (Å²) in [5, 5.41) is 5.23. The number of H-pyrrole nitrogens is 1. The van der Waals surface area contributed by atoms with E-state index < -0.39 is 11.2 Å². The van der Waals surface area contributed by atoms with Gasteiger partial charge in [0.25, 0.3) is 11.3 Å². The van der Waals surface area contributed by atoms with Gasteiger partial charge in [-0.3, -0.25) is 14.3 Å². The average Bonchev–Trinajstić information content (AvgIpc) is 3.46. The number of benzene rings is 1. The Balaban J connectivity index is 1.52. The van der Waals surface area contributed by atoms with E-state index >= 15 is 0 Å². The van der Waals surface area contributed by atoms with E-state index in [4.69, 9.17) is 4.98 Å². The third-order valence-corrected chi connectivity index (χ3v) is 7.05. The molecule has 0 aliphatic carbocycles. The van der Waals surface area contributed by atoms with Crippen LogP contribution in [0.5, 0.6) is 0 Å². The van der Waals surface area contributed by atoms with Crippen molar-refractivity contribution in [2.45, 2.75) is 64.5 Å². The van der Waals surface area contributed by atoms with Crippen molar-refractivity contribution in [1.82, 2.24) is 38.7 Å². The highest BCUT2D eigenvalue weighted by molar-refractivity contribution is 7.98. The first-order valence-corrected chi connectivity index (χ1v) is 13.1. The van der Waals surface area contributed by atoms with E-state index in [1.807, 2.05) is 42.7 Å². The van der Waals surface area contributed by atoms with Crippen LogP contribution in [0.15, 0.2) is 45.1 Å². The van der Waals surface area contributed by atoms with Gasteiger partial charge in [0.05, 0.1) is 12.3 Å². The van der Waals surface area contributed by atoms with Gasteiger partial charge in [-0.25, -0.2) is 19.3 Å². The zero-order valence-corrected chi connectivity index (χ0v) is 21.6. The smallest absolute Gasteiger partial charge is 0.322 e. The molecule has 0 aliphatic rings. The fraction of sp³-hybridized carbons (Fsp3) is 0.360. The van der Waals surface area contributed by atoms with Crippen LogP contribution in [0.1, 0.15) is 49.1 Å². The van der Waals surface area contributed by atoms with Crippen molar-refractivity contribution in [2.75, 3.05) is 0 Å². The highest BCUT2D eigenvalue weighted by Crippen LogP contribution is 2.23. The van der Waals surface area contributed by atoms with E-state index in [-0.39, 0.29) is 0 Å². The molecule has 0 spiro atoms. The van der Waals surface area contributed by atoms with Gasteiger partial charge in [-0.1, -0.05) is 55.4 Å². The van der Waals surface area contributed by atoms with Gasteiger partial charge in [-0.05, 0) is 38.3 Å². The van der Waals surface area contributed by atoms with Crippen LogP contribution in [0.3, 0.4) is 0 Å². The zero-order chi connectivity index (χ0) is 25.4. The minimum Gasteiger partial charge on any atom is -0.322 e. The molecule has 4 aromatic heterocycles. The van der Waals surface area contributed by atoms with Crippen LogP contribution in [-0.2, 0) is 31.7 Å². The van der Waals surface area contributed by atoms with Gasteiger partial charge < -0.3 is 4.57 Å². The molecule has 0 saturated carbocycles. The molecule has 0 amide bonds. The van der Waals surface area contributed by atoms with Crippen LogP contribution >= 0.6 is 11.8 Å². The summed E-state index contributed by atoms with van der Waals surface area (Å²) in [4.78, 5) is 42.0. The topological polar surface area (TPSA) is 116 Å². The van der Waals surface area contributed by atoms with Crippen LogP contribution in [0.25, 0.3) is 16.9 Å². The summed E-state index contributed by atoms with van der Waals surface area (Å²) >= 11 is 1.43. The highest BCUT2D eigenvalue weighted by Gasteiger charge is 2.19. The predicted molar refractivity (Wildman–Crippen MR) is 140 cm³/mol. The van der Waals surface area contributed by atoms with Crippen molar-refractivity contribution in [1.29, 1.82) is 0 Å². The molecular weight excluding hydrogens is 476 g/mol. The molecule has 0 aliphatic heterocycles. The summed E-state index contributed by atoms with van der Waals surface area (Å²) in [6.45, 7) is 8.98. The van der Waals surface area contributed by atoms with Gasteiger partial charge >= 0.3 is 5.69 Å². The molecule has 11 heteroatoms. The first-order chi connectivity index (χ1) is 17.4. The molecule has 0 bridgehead atoms. The van der Waals surface area contributed by atoms with Crippen molar-refractivity contribution < 1.29 is 0 Å². The van der Waals surface area contributed by atoms with Crippen LogP contribution in [0, 0.1) is 6.92 Å². The Labute approximate surface area is 211 Å². The number of aromatic amines is 1. The summed E-state index contributed by atoms with van der Waals surface area (Å²) in [5.41, 5.74) is 4.01. The number of rotatable bonds is 8. The number of aromatic nitrogens is 8. The van der Waals surface area contributed by atoms with Crippen molar-refractivity contribution in [3.63, 3.8) is 0 Å². The van der Waals surface area contributed by atoms with E-state index in [2.05, 4.69) is 40.0 Å². The molecule has 36 heavy (non-hydrogen) atoms. The lowest BCUT2D eigenvalue weighted by Crippen LogP contribution is -2.31. The van der Waals surface area contributed by atoms with E-state index in [0.717, 1.165) is 35.4 Å². The van der Waals surface area contributed by atoms with E-state index in [9.17, 15) is 9.59 Å². The van der Waals surface area contributed by atoms with E-state index in [1.54, 1.807) is 4.52 Å². The number of fused-ring (bicyclic) bond motifs is 2. The Morgan fingerprint density at radius 2 is 1.75 bits per heavy atom. The fourth-order valence-corrected chi connectivity index (χ4v) is 5.04.